The summed E-state index contributed by atoms with van der Waals surface area (Å²) in [7, 11) is 1.89. The van der Waals surface area contributed by atoms with Gasteiger partial charge < -0.3 is 9.88 Å². The first-order valence-electron chi connectivity index (χ1n) is 6.90. The third-order valence-corrected chi connectivity index (χ3v) is 3.63. The Labute approximate surface area is 122 Å². The smallest absolute Gasteiger partial charge is 0.320 e. The minimum absolute atomic E-state index is 0.0854. The van der Waals surface area contributed by atoms with Crippen LogP contribution in [0.4, 0.5) is 10.6 Å². The predicted molar refractivity (Wildman–Crippen MR) is 77.7 cm³/mol. The van der Waals surface area contributed by atoms with Crippen molar-refractivity contribution in [2.75, 3.05) is 5.32 Å². The Morgan fingerprint density at radius 2 is 2.24 bits per heavy atom. The van der Waals surface area contributed by atoms with Crippen molar-refractivity contribution in [3.05, 3.63) is 36.3 Å². The van der Waals surface area contributed by atoms with Crippen molar-refractivity contribution >= 4 is 11.8 Å². The van der Waals surface area contributed by atoms with E-state index in [1.165, 1.54) is 0 Å². The number of hydrogen-bond acceptors (Lipinski definition) is 4. The van der Waals surface area contributed by atoms with Crippen LogP contribution < -0.4 is 10.6 Å². The number of urea groups is 1. The Bertz CT molecular complexity index is 661. The lowest BCUT2D eigenvalue weighted by Crippen LogP contribution is -2.29. The van der Waals surface area contributed by atoms with Crippen LogP contribution in [0, 0.1) is 0 Å². The van der Waals surface area contributed by atoms with E-state index >= 15 is 0 Å². The van der Waals surface area contributed by atoms with Gasteiger partial charge >= 0.3 is 6.03 Å². The minimum atomic E-state index is -0.300. The highest BCUT2D eigenvalue weighted by Gasteiger charge is 2.42. The first-order valence-corrected chi connectivity index (χ1v) is 6.90. The van der Waals surface area contributed by atoms with Crippen molar-refractivity contribution in [3.8, 4) is 0 Å². The first-order chi connectivity index (χ1) is 10.0. The van der Waals surface area contributed by atoms with E-state index in [9.17, 15) is 4.79 Å². The van der Waals surface area contributed by atoms with Gasteiger partial charge in [0.1, 0.15) is 11.6 Å². The third kappa shape index (κ3) is 3.18. The molecule has 0 radical (unpaired) electrons. The quantitative estimate of drug-likeness (QED) is 0.893. The van der Waals surface area contributed by atoms with E-state index in [1.54, 1.807) is 18.6 Å². The molecule has 1 fully saturated rings. The molecule has 7 heteroatoms. The van der Waals surface area contributed by atoms with Gasteiger partial charge in [-0.1, -0.05) is 6.92 Å². The molecule has 1 saturated carbocycles. The monoisotopic (exact) mass is 286 g/mol. The van der Waals surface area contributed by atoms with Gasteiger partial charge in [0.25, 0.3) is 0 Å². The Morgan fingerprint density at radius 3 is 2.90 bits per heavy atom. The van der Waals surface area contributed by atoms with Crippen molar-refractivity contribution < 1.29 is 4.79 Å². The number of aryl methyl sites for hydroxylation is 1. The highest BCUT2D eigenvalue weighted by atomic mass is 16.2. The van der Waals surface area contributed by atoms with Crippen LogP contribution in [0.5, 0.6) is 0 Å². The standard InChI is InChI=1S/C14H18N6O/c1-14(4-5-14)12-15-6-3-11(18-12)19-13(21)16-7-10-8-20(2)9-17-10/h3,6,8-9H,4-5,7H2,1-2H3,(H2,15,16,18,19,21). The molecule has 0 unspecified atom stereocenters. The maximum absolute atomic E-state index is 11.9. The Hall–Kier alpha value is -2.44. The van der Waals surface area contributed by atoms with Crippen LogP contribution in [-0.4, -0.2) is 25.6 Å². The van der Waals surface area contributed by atoms with Crippen molar-refractivity contribution in [3.63, 3.8) is 0 Å². The van der Waals surface area contributed by atoms with Gasteiger partial charge in [0, 0.05) is 24.9 Å². The van der Waals surface area contributed by atoms with Crippen LogP contribution in [-0.2, 0) is 19.0 Å². The van der Waals surface area contributed by atoms with E-state index in [0.29, 0.717) is 12.4 Å². The van der Waals surface area contributed by atoms with E-state index in [4.69, 9.17) is 0 Å². The number of aromatic nitrogens is 4. The molecule has 0 aliphatic heterocycles. The zero-order valence-electron chi connectivity index (χ0n) is 12.1. The van der Waals surface area contributed by atoms with Gasteiger partial charge in [0.15, 0.2) is 0 Å². The summed E-state index contributed by atoms with van der Waals surface area (Å²) >= 11 is 0. The SMILES string of the molecule is Cn1cnc(CNC(=O)Nc2ccnc(C3(C)CC3)n2)c1. The third-order valence-electron chi connectivity index (χ3n) is 3.63. The van der Waals surface area contributed by atoms with Crippen LogP contribution in [0.1, 0.15) is 31.3 Å². The molecule has 2 aromatic heterocycles. The van der Waals surface area contributed by atoms with E-state index in [0.717, 1.165) is 24.4 Å². The number of nitrogens with zero attached hydrogens (tertiary/aromatic N) is 4. The second-order valence-electron chi connectivity index (χ2n) is 5.66. The zero-order chi connectivity index (χ0) is 14.9. The van der Waals surface area contributed by atoms with Crippen molar-refractivity contribution in [1.29, 1.82) is 0 Å². The Balaban J connectivity index is 1.57. The molecule has 21 heavy (non-hydrogen) atoms. The number of hydrogen-bond donors (Lipinski definition) is 2. The maximum Gasteiger partial charge on any atom is 0.320 e. The number of anilines is 1. The molecular weight excluding hydrogens is 268 g/mol. The number of rotatable bonds is 4. The summed E-state index contributed by atoms with van der Waals surface area (Å²) in [6, 6.07) is 1.39. The molecule has 0 bridgehead atoms. The lowest BCUT2D eigenvalue weighted by molar-refractivity contribution is 0.251. The molecule has 1 aliphatic carbocycles. The zero-order valence-corrected chi connectivity index (χ0v) is 12.1. The maximum atomic E-state index is 11.9. The summed E-state index contributed by atoms with van der Waals surface area (Å²) in [4.78, 5) is 24.7. The summed E-state index contributed by atoms with van der Waals surface area (Å²) < 4.78 is 1.84. The summed E-state index contributed by atoms with van der Waals surface area (Å²) in [6.07, 6.45) is 7.43. The predicted octanol–water partition coefficient (Wildman–Crippen LogP) is 1.58. The summed E-state index contributed by atoms with van der Waals surface area (Å²) in [5.74, 6) is 1.32. The highest BCUT2D eigenvalue weighted by Crippen LogP contribution is 2.45. The lowest BCUT2D eigenvalue weighted by Gasteiger charge is -2.09. The molecule has 2 amide bonds. The fourth-order valence-electron chi connectivity index (χ4n) is 2.02. The fourth-order valence-corrected chi connectivity index (χ4v) is 2.02. The van der Waals surface area contributed by atoms with Crippen LogP contribution in [0.15, 0.2) is 24.8 Å². The van der Waals surface area contributed by atoms with Gasteiger partial charge in [-0.2, -0.15) is 0 Å². The number of carbonyl (C=O) groups is 1. The van der Waals surface area contributed by atoms with E-state index in [1.807, 2.05) is 17.8 Å². The van der Waals surface area contributed by atoms with E-state index in [-0.39, 0.29) is 11.4 Å². The van der Waals surface area contributed by atoms with Crippen LogP contribution in [0.2, 0.25) is 0 Å². The Kier molecular flexibility index (Phi) is 3.32. The average molecular weight is 286 g/mol. The van der Waals surface area contributed by atoms with Gasteiger partial charge in [-0.25, -0.2) is 19.7 Å². The van der Waals surface area contributed by atoms with Gasteiger partial charge in [-0.15, -0.1) is 0 Å². The summed E-state index contributed by atoms with van der Waals surface area (Å²) in [5.41, 5.74) is 0.892. The number of amides is 2. The topological polar surface area (TPSA) is 84.7 Å². The van der Waals surface area contributed by atoms with Gasteiger partial charge in [-0.05, 0) is 18.9 Å². The highest BCUT2D eigenvalue weighted by molar-refractivity contribution is 5.88. The molecular formula is C14H18N6O. The normalized spacial score (nSPS) is 15.5. The molecule has 1 aliphatic rings. The molecule has 2 N–H and O–H groups in total. The second-order valence-corrected chi connectivity index (χ2v) is 5.66. The molecule has 0 spiro atoms. The Morgan fingerprint density at radius 1 is 1.43 bits per heavy atom. The van der Waals surface area contributed by atoms with E-state index in [2.05, 4.69) is 32.5 Å². The number of imidazole rings is 1. The van der Waals surface area contributed by atoms with Crippen molar-refractivity contribution in [2.45, 2.75) is 31.7 Å². The van der Waals surface area contributed by atoms with Crippen LogP contribution in [0.25, 0.3) is 0 Å². The van der Waals surface area contributed by atoms with Crippen LogP contribution in [0.3, 0.4) is 0 Å². The molecule has 0 saturated heterocycles. The number of carbonyl (C=O) groups excluding carboxylic acids is 1. The molecule has 7 nitrogen and oxygen atoms in total. The van der Waals surface area contributed by atoms with Crippen LogP contribution >= 0.6 is 0 Å². The first kappa shape index (κ1) is 13.5. The van der Waals surface area contributed by atoms with Gasteiger partial charge in [-0.3, -0.25) is 5.32 Å². The summed E-state index contributed by atoms with van der Waals surface area (Å²) in [6.45, 7) is 2.51. The molecule has 0 aromatic carbocycles. The largest absolute Gasteiger partial charge is 0.340 e. The second kappa shape index (κ2) is 5.16. The molecule has 2 heterocycles. The summed E-state index contributed by atoms with van der Waals surface area (Å²) in [5, 5.41) is 5.47. The molecule has 2 aromatic rings. The molecule has 0 atom stereocenters. The average Bonchev–Trinajstić information content (AvgIpc) is 3.08. The molecule has 110 valence electrons. The van der Waals surface area contributed by atoms with Crippen molar-refractivity contribution in [2.24, 2.45) is 7.05 Å². The lowest BCUT2D eigenvalue weighted by atomic mass is 10.1. The molecule has 3 rings (SSSR count). The van der Waals surface area contributed by atoms with Gasteiger partial charge in [0.05, 0.1) is 18.6 Å². The minimum Gasteiger partial charge on any atom is -0.340 e. The fraction of sp³-hybridized carbons (Fsp3) is 0.429. The number of nitrogens with one attached hydrogen (secondary N) is 2. The van der Waals surface area contributed by atoms with Gasteiger partial charge in [0.2, 0.25) is 0 Å². The van der Waals surface area contributed by atoms with E-state index < -0.39 is 0 Å². The van der Waals surface area contributed by atoms with Crippen molar-refractivity contribution in [1.82, 2.24) is 24.8 Å².